The van der Waals surface area contributed by atoms with Crippen LogP contribution in [0.2, 0.25) is 0 Å². The van der Waals surface area contributed by atoms with E-state index in [4.69, 9.17) is 9.47 Å². The summed E-state index contributed by atoms with van der Waals surface area (Å²) in [5.74, 6) is -0.224. The lowest BCUT2D eigenvalue weighted by Crippen LogP contribution is -2.03. The van der Waals surface area contributed by atoms with Gasteiger partial charge in [-0.1, -0.05) is 24.3 Å². The van der Waals surface area contributed by atoms with Crippen LogP contribution in [-0.2, 0) is 9.47 Å². The Morgan fingerprint density at radius 2 is 1.76 bits per heavy atom. The molecule has 0 unspecified atom stereocenters. The fourth-order valence-electron chi connectivity index (χ4n) is 2.30. The lowest BCUT2D eigenvalue weighted by atomic mass is 10.0. The van der Waals surface area contributed by atoms with Crippen molar-refractivity contribution >= 4 is 22.1 Å². The van der Waals surface area contributed by atoms with E-state index in [2.05, 4.69) is 4.98 Å². The third kappa shape index (κ3) is 2.55. The molecule has 0 saturated heterocycles. The fourth-order valence-corrected chi connectivity index (χ4v) is 3.16. The normalized spacial score (nSPS) is 11.4. The van der Waals surface area contributed by atoms with E-state index in [0.29, 0.717) is 11.1 Å². The van der Waals surface area contributed by atoms with Gasteiger partial charge in [0, 0.05) is 30.5 Å². The summed E-state index contributed by atoms with van der Waals surface area (Å²) in [6.07, 6.45) is -0.485. The number of aromatic nitrogens is 1. The first kappa shape index (κ1) is 14.1. The Hall–Kier alpha value is -1.82. The second-order valence-corrected chi connectivity index (χ2v) is 5.38. The van der Waals surface area contributed by atoms with E-state index in [1.165, 1.54) is 17.4 Å². The van der Waals surface area contributed by atoms with Crippen molar-refractivity contribution in [1.82, 2.24) is 4.98 Å². The molecule has 2 aromatic carbocycles. The smallest absolute Gasteiger partial charge is 0.201 e. The maximum Gasteiger partial charge on any atom is 0.201 e. The fraction of sp³-hybridized carbons (Fsp3) is 0.188. The average molecular weight is 303 g/mol. The highest BCUT2D eigenvalue weighted by molar-refractivity contribution is 7.13. The molecule has 0 aliphatic carbocycles. The molecule has 1 heterocycles. The molecule has 3 rings (SSSR count). The molecule has 0 atom stereocenters. The summed E-state index contributed by atoms with van der Waals surface area (Å²) in [6, 6.07) is 10.6. The van der Waals surface area contributed by atoms with Gasteiger partial charge in [-0.05, 0) is 17.5 Å². The van der Waals surface area contributed by atoms with Crippen LogP contribution in [0.25, 0.3) is 21.3 Å². The number of fused-ring (bicyclic) bond motifs is 1. The highest BCUT2D eigenvalue weighted by Crippen LogP contribution is 2.33. The molecule has 0 N–H and O–H groups in total. The van der Waals surface area contributed by atoms with E-state index in [9.17, 15) is 4.39 Å². The van der Waals surface area contributed by atoms with Gasteiger partial charge in [0.1, 0.15) is 16.5 Å². The van der Waals surface area contributed by atoms with Crippen LogP contribution in [-0.4, -0.2) is 19.2 Å². The number of rotatable bonds is 4. The molecule has 3 nitrogen and oxygen atoms in total. The van der Waals surface area contributed by atoms with Gasteiger partial charge in [0.15, 0.2) is 0 Å². The van der Waals surface area contributed by atoms with Crippen molar-refractivity contribution in [2.45, 2.75) is 6.29 Å². The zero-order valence-corrected chi connectivity index (χ0v) is 12.5. The monoisotopic (exact) mass is 303 g/mol. The topological polar surface area (TPSA) is 31.4 Å². The molecule has 0 spiro atoms. The number of hydrogen-bond acceptors (Lipinski definition) is 4. The molecule has 0 saturated carbocycles. The van der Waals surface area contributed by atoms with Crippen molar-refractivity contribution in [3.8, 4) is 10.6 Å². The molecular formula is C16H14FNO2S. The first-order valence-corrected chi connectivity index (χ1v) is 7.31. The number of nitrogens with zero attached hydrogens (tertiary/aromatic N) is 1. The molecule has 0 fully saturated rings. The van der Waals surface area contributed by atoms with E-state index in [-0.39, 0.29) is 5.82 Å². The summed E-state index contributed by atoms with van der Waals surface area (Å²) in [4.78, 5) is 4.55. The first-order chi connectivity index (χ1) is 10.2. The molecule has 21 heavy (non-hydrogen) atoms. The van der Waals surface area contributed by atoms with Gasteiger partial charge in [0.05, 0.1) is 0 Å². The lowest BCUT2D eigenvalue weighted by molar-refractivity contribution is -0.108. The van der Waals surface area contributed by atoms with Crippen molar-refractivity contribution in [3.05, 3.63) is 53.3 Å². The van der Waals surface area contributed by atoms with Gasteiger partial charge in [-0.15, -0.1) is 11.3 Å². The SMILES string of the molecule is COC(OC)c1csc(-c2ccc(F)c3ccccc23)n1. The number of halogens is 1. The summed E-state index contributed by atoms with van der Waals surface area (Å²) in [5.41, 5.74) is 1.63. The third-order valence-electron chi connectivity index (χ3n) is 3.29. The summed E-state index contributed by atoms with van der Waals surface area (Å²) < 4.78 is 24.3. The van der Waals surface area contributed by atoms with Gasteiger partial charge < -0.3 is 9.47 Å². The predicted molar refractivity (Wildman–Crippen MR) is 81.8 cm³/mol. The van der Waals surface area contributed by atoms with Gasteiger partial charge in [0.2, 0.25) is 6.29 Å². The first-order valence-electron chi connectivity index (χ1n) is 6.43. The van der Waals surface area contributed by atoms with Crippen molar-refractivity contribution in [2.75, 3.05) is 14.2 Å². The summed E-state index contributed by atoms with van der Waals surface area (Å²) in [7, 11) is 3.14. The maximum atomic E-state index is 13.9. The van der Waals surface area contributed by atoms with E-state index < -0.39 is 6.29 Å². The van der Waals surface area contributed by atoms with Crippen LogP contribution < -0.4 is 0 Å². The molecule has 0 aliphatic rings. The van der Waals surface area contributed by atoms with Crippen LogP contribution in [0.5, 0.6) is 0 Å². The number of hydrogen-bond donors (Lipinski definition) is 0. The van der Waals surface area contributed by atoms with E-state index in [0.717, 1.165) is 16.0 Å². The number of ether oxygens (including phenoxy) is 2. The number of methoxy groups -OCH3 is 2. The minimum atomic E-state index is -0.485. The van der Waals surface area contributed by atoms with Crippen LogP contribution >= 0.6 is 11.3 Å². The second kappa shape index (κ2) is 5.89. The summed E-state index contributed by atoms with van der Waals surface area (Å²) in [6.45, 7) is 0. The maximum absolute atomic E-state index is 13.9. The van der Waals surface area contributed by atoms with Crippen molar-refractivity contribution in [2.24, 2.45) is 0 Å². The van der Waals surface area contributed by atoms with Crippen LogP contribution in [0, 0.1) is 5.82 Å². The molecule has 5 heteroatoms. The molecule has 0 radical (unpaired) electrons. The van der Waals surface area contributed by atoms with Crippen LogP contribution in [0.4, 0.5) is 4.39 Å². The predicted octanol–water partition coefficient (Wildman–Crippen LogP) is 4.39. The zero-order valence-electron chi connectivity index (χ0n) is 11.7. The van der Waals surface area contributed by atoms with Crippen LogP contribution in [0.3, 0.4) is 0 Å². The molecule has 0 bridgehead atoms. The molecular weight excluding hydrogens is 289 g/mol. The zero-order chi connectivity index (χ0) is 14.8. The Kier molecular flexibility index (Phi) is 3.96. The largest absolute Gasteiger partial charge is 0.350 e. The number of thiazole rings is 1. The van der Waals surface area contributed by atoms with E-state index in [1.807, 2.05) is 23.6 Å². The summed E-state index contributed by atoms with van der Waals surface area (Å²) in [5, 5.41) is 4.16. The quantitative estimate of drug-likeness (QED) is 0.670. The Morgan fingerprint density at radius 1 is 1.05 bits per heavy atom. The lowest BCUT2D eigenvalue weighted by Gasteiger charge is -2.09. The van der Waals surface area contributed by atoms with Crippen LogP contribution in [0.15, 0.2) is 41.8 Å². The third-order valence-corrected chi connectivity index (χ3v) is 4.19. The standard InChI is InChI=1S/C16H14FNO2S/c1-19-16(20-2)14-9-21-15(18-14)12-7-8-13(17)11-6-4-3-5-10(11)12/h3-9,16H,1-2H3. The average Bonchev–Trinajstić information content (AvgIpc) is 2.99. The minimum absolute atomic E-state index is 0.224. The van der Waals surface area contributed by atoms with Crippen LogP contribution in [0.1, 0.15) is 12.0 Å². The highest BCUT2D eigenvalue weighted by atomic mass is 32.1. The minimum Gasteiger partial charge on any atom is -0.350 e. The van der Waals surface area contributed by atoms with E-state index in [1.54, 1.807) is 26.4 Å². The Labute approximate surface area is 126 Å². The van der Waals surface area contributed by atoms with Gasteiger partial charge >= 0.3 is 0 Å². The van der Waals surface area contributed by atoms with Gasteiger partial charge in [-0.2, -0.15) is 0 Å². The Balaban J connectivity index is 2.11. The highest BCUT2D eigenvalue weighted by Gasteiger charge is 2.16. The second-order valence-electron chi connectivity index (χ2n) is 4.52. The molecule has 3 aromatic rings. The van der Waals surface area contributed by atoms with Gasteiger partial charge in [-0.3, -0.25) is 0 Å². The summed E-state index contributed by atoms with van der Waals surface area (Å²) >= 11 is 1.49. The molecule has 1 aromatic heterocycles. The molecule has 0 aliphatic heterocycles. The van der Waals surface area contributed by atoms with Gasteiger partial charge in [0.25, 0.3) is 0 Å². The van der Waals surface area contributed by atoms with Crippen molar-refractivity contribution in [3.63, 3.8) is 0 Å². The van der Waals surface area contributed by atoms with Crippen molar-refractivity contribution < 1.29 is 13.9 Å². The van der Waals surface area contributed by atoms with E-state index >= 15 is 0 Å². The van der Waals surface area contributed by atoms with Crippen molar-refractivity contribution in [1.29, 1.82) is 0 Å². The molecule has 0 amide bonds. The van der Waals surface area contributed by atoms with Gasteiger partial charge in [-0.25, -0.2) is 9.37 Å². The molecule has 108 valence electrons. The Morgan fingerprint density at radius 3 is 2.48 bits per heavy atom. The number of benzene rings is 2. The Bertz CT molecular complexity index is 768.